The van der Waals surface area contributed by atoms with Crippen molar-refractivity contribution in [3.8, 4) is 0 Å². The molecule has 2 fully saturated rings. The van der Waals surface area contributed by atoms with Crippen LogP contribution in [0.2, 0.25) is 0 Å². The summed E-state index contributed by atoms with van der Waals surface area (Å²) < 4.78 is 13.7. The fourth-order valence-corrected chi connectivity index (χ4v) is 4.41. The molecule has 2 saturated heterocycles. The Morgan fingerprint density at radius 3 is 1.93 bits per heavy atom. The number of hydrogen-bond donors (Lipinski definition) is 2. The monoisotopic (exact) mass is 646 g/mol. The largest absolute Gasteiger partial charge is 0.516 e. The maximum atomic E-state index is 12.9. The van der Waals surface area contributed by atoms with Gasteiger partial charge in [-0.15, -0.1) is 0 Å². The van der Waals surface area contributed by atoms with Gasteiger partial charge in [0.25, 0.3) is 5.56 Å². The van der Waals surface area contributed by atoms with E-state index in [-0.39, 0.29) is 29.3 Å². The molecule has 12 nitrogen and oxygen atoms in total. The molecule has 2 aliphatic rings. The average Bonchev–Trinajstić information content (AvgIpc) is 3.25. The van der Waals surface area contributed by atoms with Gasteiger partial charge >= 0.3 is 13.1 Å². The van der Waals surface area contributed by atoms with E-state index in [1.165, 1.54) is 18.5 Å². The van der Waals surface area contributed by atoms with Crippen LogP contribution in [-0.2, 0) is 30.8 Å². The molecular formula is C33H59BN6O6. The van der Waals surface area contributed by atoms with Gasteiger partial charge in [-0.05, 0) is 59.4 Å². The summed E-state index contributed by atoms with van der Waals surface area (Å²) in [6.07, 6.45) is 1.64. The molecule has 2 aromatic rings. The van der Waals surface area contributed by atoms with Gasteiger partial charge in [0.15, 0.2) is 5.82 Å². The summed E-state index contributed by atoms with van der Waals surface area (Å²) in [5.41, 5.74) is 3.10. The van der Waals surface area contributed by atoms with Crippen molar-refractivity contribution < 1.29 is 23.7 Å². The third-order valence-corrected chi connectivity index (χ3v) is 7.41. The number of nitrogens with zero attached hydrogens (tertiary/aromatic N) is 4. The zero-order chi connectivity index (χ0) is 35.8. The van der Waals surface area contributed by atoms with Gasteiger partial charge in [-0.2, -0.15) is 5.48 Å². The number of likely N-dealkylation sites (N-methyl/N-ethyl adjacent to an activating group) is 2. The third kappa shape index (κ3) is 11.2. The first-order chi connectivity index (χ1) is 21.7. The predicted molar refractivity (Wildman–Crippen MR) is 187 cm³/mol. The number of hydroxylamine groups is 1. The van der Waals surface area contributed by atoms with Gasteiger partial charge in [-0.25, -0.2) is 4.98 Å². The van der Waals surface area contributed by atoms with Crippen LogP contribution in [0.3, 0.4) is 0 Å². The first-order valence-corrected chi connectivity index (χ1v) is 16.3. The smallest absolute Gasteiger partial charge is 0.398 e. The van der Waals surface area contributed by atoms with Crippen molar-refractivity contribution in [2.75, 3.05) is 39.0 Å². The maximum absolute atomic E-state index is 12.9. The molecule has 2 aliphatic heterocycles. The van der Waals surface area contributed by atoms with Gasteiger partial charge in [-0.1, -0.05) is 53.7 Å². The highest BCUT2D eigenvalue weighted by atomic mass is 16.7. The van der Waals surface area contributed by atoms with Crippen LogP contribution in [0.25, 0.3) is 0 Å². The summed E-state index contributed by atoms with van der Waals surface area (Å²) >= 11 is 0. The molecule has 1 atom stereocenters. The third-order valence-electron chi connectivity index (χ3n) is 7.41. The zero-order valence-electron chi connectivity index (χ0n) is 30.9. The maximum Gasteiger partial charge on any atom is 0.516 e. The lowest BCUT2D eigenvalue weighted by Crippen LogP contribution is -2.50. The molecule has 46 heavy (non-hydrogen) atoms. The second kappa shape index (κ2) is 20.1. The summed E-state index contributed by atoms with van der Waals surface area (Å²) in [5, 5.41) is 3.13. The van der Waals surface area contributed by atoms with E-state index < -0.39 is 18.3 Å². The lowest BCUT2D eigenvalue weighted by atomic mass is 9.85. The Morgan fingerprint density at radius 1 is 0.978 bits per heavy atom. The Balaban J connectivity index is 0.00000147. The summed E-state index contributed by atoms with van der Waals surface area (Å²) in [4.78, 5) is 48.0. The minimum Gasteiger partial charge on any atom is -0.398 e. The molecular weight excluding hydrogens is 587 g/mol. The van der Waals surface area contributed by atoms with Crippen LogP contribution in [0, 0.1) is 0 Å². The molecule has 13 heteroatoms. The predicted octanol–water partition coefficient (Wildman–Crippen LogP) is 4.42. The van der Waals surface area contributed by atoms with E-state index in [1.54, 1.807) is 13.2 Å². The Bertz CT molecular complexity index is 1250. The van der Waals surface area contributed by atoms with Crippen molar-refractivity contribution in [2.45, 2.75) is 100 Å². The van der Waals surface area contributed by atoms with Gasteiger partial charge < -0.3 is 28.9 Å². The highest BCUT2D eigenvalue weighted by molar-refractivity contribution is 6.61. The second-order valence-corrected chi connectivity index (χ2v) is 10.9. The Morgan fingerprint density at radius 2 is 1.50 bits per heavy atom. The molecule has 4 rings (SSSR count). The molecule has 260 valence electrons. The van der Waals surface area contributed by atoms with Crippen molar-refractivity contribution in [3.63, 3.8) is 0 Å². The summed E-state index contributed by atoms with van der Waals surface area (Å²) in [6, 6.07) is 7.26. The molecule has 0 saturated carbocycles. The van der Waals surface area contributed by atoms with Gasteiger partial charge in [0.05, 0.1) is 16.8 Å². The molecule has 0 radical (unpaired) electrons. The van der Waals surface area contributed by atoms with Gasteiger partial charge in [0.1, 0.15) is 6.04 Å². The topological polar surface area (TPSA) is 127 Å². The first kappa shape index (κ1) is 42.7. The minimum atomic E-state index is -0.672. The average molecular weight is 647 g/mol. The van der Waals surface area contributed by atoms with Gasteiger partial charge in [0.2, 0.25) is 5.91 Å². The number of amides is 1. The fourth-order valence-electron chi connectivity index (χ4n) is 4.41. The number of anilines is 2. The first-order valence-electron chi connectivity index (χ1n) is 16.3. The van der Waals surface area contributed by atoms with Crippen molar-refractivity contribution in [2.24, 2.45) is 7.05 Å². The highest BCUT2D eigenvalue weighted by Crippen LogP contribution is 2.36. The molecule has 3 heterocycles. The summed E-state index contributed by atoms with van der Waals surface area (Å²) in [7, 11) is 4.50. The van der Waals surface area contributed by atoms with Crippen LogP contribution in [0.4, 0.5) is 11.5 Å². The molecule has 1 aromatic carbocycles. The van der Waals surface area contributed by atoms with Crippen LogP contribution in [0.5, 0.6) is 0 Å². The number of nitrogens with one attached hydrogen (secondary N) is 2. The number of aromatic nitrogens is 2. The Labute approximate surface area is 277 Å². The standard InChI is InChI=1S/C24H34BN5O4.C3H7NO2.3C2H6/c1-8-30-14-13-28(6)19(21(30)31)16-9-11-17(12-10-16)26-20-22(32)29(7)15-18(27-20)25-33-23(2,3)24(4,5)34-25;1-3(5)6-4-2;3*1-2/h9-12,15,19H,8,13-14H2,1-7H3,(H,26,27);4H,1-2H3;3*1-2H3. The number of hydrogen-bond acceptors (Lipinski definition) is 10. The summed E-state index contributed by atoms with van der Waals surface area (Å²) in [6.45, 7) is 25.5. The second-order valence-electron chi connectivity index (χ2n) is 10.9. The van der Waals surface area contributed by atoms with Crippen LogP contribution in [0.1, 0.15) is 94.7 Å². The molecule has 1 amide bonds. The van der Waals surface area contributed by atoms with Gasteiger partial charge in [-0.3, -0.25) is 19.3 Å². The molecule has 1 aromatic heterocycles. The van der Waals surface area contributed by atoms with Crippen molar-refractivity contribution in [1.82, 2.24) is 24.8 Å². The zero-order valence-corrected chi connectivity index (χ0v) is 30.9. The van der Waals surface area contributed by atoms with Crippen molar-refractivity contribution in [3.05, 3.63) is 46.4 Å². The van der Waals surface area contributed by atoms with Crippen molar-refractivity contribution in [1.29, 1.82) is 0 Å². The van der Waals surface area contributed by atoms with Gasteiger partial charge in [0, 0.05) is 52.5 Å². The van der Waals surface area contributed by atoms with Crippen LogP contribution in [0.15, 0.2) is 35.3 Å². The molecule has 0 spiro atoms. The molecule has 0 bridgehead atoms. The van der Waals surface area contributed by atoms with Crippen LogP contribution >= 0.6 is 0 Å². The van der Waals surface area contributed by atoms with Crippen LogP contribution in [-0.4, -0.2) is 83.3 Å². The van der Waals surface area contributed by atoms with Crippen LogP contribution < -0.4 is 21.9 Å². The number of benzene rings is 1. The normalized spacial score (nSPS) is 17.9. The quantitative estimate of drug-likeness (QED) is 0.344. The number of carbonyl (C=O) groups excluding carboxylic acids is 2. The van der Waals surface area contributed by atoms with E-state index in [9.17, 15) is 14.4 Å². The lowest BCUT2D eigenvalue weighted by Gasteiger charge is -2.38. The van der Waals surface area contributed by atoms with E-state index in [2.05, 4.69) is 25.5 Å². The minimum absolute atomic E-state index is 0.114. The van der Waals surface area contributed by atoms with E-state index in [1.807, 2.05) is 112 Å². The van der Waals surface area contributed by atoms with E-state index >= 15 is 0 Å². The number of rotatable bonds is 6. The van der Waals surface area contributed by atoms with Crippen molar-refractivity contribution >= 4 is 36.1 Å². The number of carbonyl (C=O) groups is 2. The van der Waals surface area contributed by atoms with E-state index in [4.69, 9.17) is 9.31 Å². The highest BCUT2D eigenvalue weighted by Gasteiger charge is 2.52. The fraction of sp³-hybridized carbons (Fsp3) is 0.636. The molecule has 1 unspecified atom stereocenters. The molecule has 2 N–H and O–H groups in total. The number of aryl methyl sites for hydroxylation is 1. The Kier molecular flexibility index (Phi) is 18.7. The summed E-state index contributed by atoms with van der Waals surface area (Å²) in [5.74, 6) is -0.0226. The SMILES string of the molecule is CC.CC.CC.CCN1CCN(C)C(c2ccc(Nc3nc(B4OC(C)(C)C(C)(C)O4)cn(C)c3=O)cc2)C1=O.CNOC(C)=O. The lowest BCUT2D eigenvalue weighted by molar-refractivity contribution is -0.147. The van der Waals surface area contributed by atoms with E-state index in [0.717, 1.165) is 18.7 Å². The Hall–Kier alpha value is -3.26. The van der Waals surface area contributed by atoms with E-state index in [0.29, 0.717) is 17.8 Å². The number of piperazine rings is 1. The molecule has 0 aliphatic carbocycles.